The molecule has 18 nitrogen and oxygen atoms in total. The van der Waals surface area contributed by atoms with Gasteiger partial charge < -0.3 is 9.90 Å². The maximum absolute atomic E-state index is 14.3. The Bertz CT molecular complexity index is 2650. The maximum atomic E-state index is 14.3. The minimum Gasteiger partial charge on any atom is -0.367 e. The van der Waals surface area contributed by atoms with Gasteiger partial charge in [0.1, 0.15) is 18.3 Å². The summed E-state index contributed by atoms with van der Waals surface area (Å²) in [5.74, 6) is -4.16. The fourth-order valence-corrected chi connectivity index (χ4v) is 6.38. The van der Waals surface area contributed by atoms with Crippen molar-refractivity contribution in [2.24, 2.45) is 31.5 Å². The van der Waals surface area contributed by atoms with Crippen molar-refractivity contribution >= 4 is 66.4 Å². The Kier molecular flexibility index (Phi) is 12.0. The standard InChI is InChI=1S/C36H28N10O8S2/c37-19-24(21-47)30(22-9-3-1-4-10-22)32(43-41-25-13-7-15-27(17-25)55(39,51)52)34(48)45-46-35(49)29(20-38)31(23-11-5-2-6-12-23)33(36(46)50)44-42-26-14-8-16-28(18-26)56(40,53)54/h1-18,21,24,35,42,49H,(H,45,48)(H2,39,51,52)(H2,40,53,54)/b32-30+,43-41?,44-33+. The van der Waals surface area contributed by atoms with E-state index in [2.05, 4.69) is 26.2 Å². The molecule has 1 aliphatic rings. The summed E-state index contributed by atoms with van der Waals surface area (Å²) in [7, 11) is -8.34. The number of sulfonamides is 2. The van der Waals surface area contributed by atoms with Crippen LogP contribution in [0.5, 0.6) is 0 Å². The Morgan fingerprint density at radius 2 is 1.48 bits per heavy atom. The largest absolute Gasteiger partial charge is 0.367 e. The lowest BCUT2D eigenvalue weighted by Crippen LogP contribution is -2.58. The normalized spacial score (nSPS) is 16.4. The zero-order chi connectivity index (χ0) is 40.6. The Morgan fingerprint density at radius 1 is 0.875 bits per heavy atom. The highest BCUT2D eigenvalue weighted by molar-refractivity contribution is 7.89. The number of nitrogens with two attached hydrogens (primary N) is 2. The fraction of sp³-hybridized carbons (Fsp3) is 0.0556. The van der Waals surface area contributed by atoms with Crippen LogP contribution < -0.4 is 21.1 Å². The van der Waals surface area contributed by atoms with E-state index in [9.17, 15) is 46.8 Å². The number of carbonyl (C=O) groups is 3. The second-order valence-electron chi connectivity index (χ2n) is 11.5. The summed E-state index contributed by atoms with van der Waals surface area (Å²) in [6, 6.07) is 29.0. The number of nitriles is 2. The van der Waals surface area contributed by atoms with Crippen LogP contribution in [0.2, 0.25) is 0 Å². The topological polar surface area (TPSA) is 304 Å². The van der Waals surface area contributed by atoms with Crippen molar-refractivity contribution in [1.29, 1.82) is 10.5 Å². The molecule has 4 aromatic carbocycles. The molecule has 2 amide bonds. The lowest BCUT2D eigenvalue weighted by Gasteiger charge is -2.33. The van der Waals surface area contributed by atoms with Gasteiger partial charge in [0.2, 0.25) is 20.0 Å². The van der Waals surface area contributed by atoms with E-state index >= 15 is 0 Å². The van der Waals surface area contributed by atoms with Crippen molar-refractivity contribution in [3.05, 3.63) is 132 Å². The summed E-state index contributed by atoms with van der Waals surface area (Å²) in [6.07, 6.45) is -1.92. The highest BCUT2D eigenvalue weighted by Gasteiger charge is 2.41. The Labute approximate surface area is 319 Å². The number of nitrogens with one attached hydrogen (secondary N) is 2. The lowest BCUT2D eigenvalue weighted by atomic mass is 9.91. The molecule has 0 saturated carbocycles. The summed E-state index contributed by atoms with van der Waals surface area (Å²) in [5.41, 5.74) is 2.90. The molecule has 2 unspecified atom stereocenters. The minimum absolute atomic E-state index is 0.0468. The Balaban J connectivity index is 1.67. The molecule has 0 radical (unpaired) electrons. The molecule has 5 rings (SSSR count). The number of nitrogens with zero attached hydrogens (tertiary/aromatic N) is 6. The predicted octanol–water partition coefficient (Wildman–Crippen LogP) is 2.45. The van der Waals surface area contributed by atoms with E-state index in [1.165, 1.54) is 72.8 Å². The first-order valence-corrected chi connectivity index (χ1v) is 19.0. The number of hydrogen-bond donors (Lipinski definition) is 5. The zero-order valence-corrected chi connectivity index (χ0v) is 30.2. The van der Waals surface area contributed by atoms with Gasteiger partial charge in [-0.1, -0.05) is 72.8 Å². The van der Waals surface area contributed by atoms with Gasteiger partial charge >= 0.3 is 0 Å². The van der Waals surface area contributed by atoms with Crippen LogP contribution in [-0.4, -0.2) is 57.0 Å². The first-order chi connectivity index (χ1) is 26.7. The van der Waals surface area contributed by atoms with Gasteiger partial charge in [-0.05, 0) is 47.5 Å². The van der Waals surface area contributed by atoms with Crippen LogP contribution in [0.15, 0.2) is 146 Å². The van der Waals surface area contributed by atoms with Crippen LogP contribution in [-0.2, 0) is 34.4 Å². The van der Waals surface area contributed by atoms with E-state index < -0.39 is 61.0 Å². The van der Waals surface area contributed by atoms with Crippen LogP contribution in [0.3, 0.4) is 0 Å². The number of aliphatic hydroxyl groups is 1. The summed E-state index contributed by atoms with van der Waals surface area (Å²) in [4.78, 5) is 40.1. The number of aldehydes is 1. The van der Waals surface area contributed by atoms with Crippen molar-refractivity contribution in [1.82, 2.24) is 10.4 Å². The molecule has 7 N–H and O–H groups in total. The molecule has 0 aliphatic carbocycles. The van der Waals surface area contributed by atoms with E-state index in [1.54, 1.807) is 30.3 Å². The van der Waals surface area contributed by atoms with Crippen LogP contribution >= 0.6 is 0 Å². The monoisotopic (exact) mass is 792 g/mol. The number of benzene rings is 4. The van der Waals surface area contributed by atoms with Gasteiger partial charge in [0.25, 0.3) is 11.8 Å². The van der Waals surface area contributed by atoms with Crippen molar-refractivity contribution in [2.75, 3.05) is 5.43 Å². The number of allylic oxidation sites excluding steroid dienone is 1. The predicted molar refractivity (Wildman–Crippen MR) is 200 cm³/mol. The molecule has 2 atom stereocenters. The van der Waals surface area contributed by atoms with Gasteiger partial charge in [-0.15, -0.1) is 5.11 Å². The third-order valence-corrected chi connectivity index (χ3v) is 9.67. The molecule has 0 fully saturated rings. The average Bonchev–Trinajstić information content (AvgIpc) is 3.19. The van der Waals surface area contributed by atoms with E-state index in [1.807, 2.05) is 6.07 Å². The second-order valence-corrected chi connectivity index (χ2v) is 14.6. The third-order valence-electron chi connectivity index (χ3n) is 7.85. The highest BCUT2D eigenvalue weighted by atomic mass is 32.2. The van der Waals surface area contributed by atoms with Gasteiger partial charge in [0.05, 0.1) is 32.8 Å². The van der Waals surface area contributed by atoms with Crippen LogP contribution in [0, 0.1) is 28.6 Å². The average molecular weight is 793 g/mol. The van der Waals surface area contributed by atoms with Gasteiger partial charge in [-0.3, -0.25) is 20.4 Å². The maximum Gasteiger partial charge on any atom is 0.296 e. The summed E-state index contributed by atoms with van der Waals surface area (Å²) in [6.45, 7) is 0. The molecule has 1 aliphatic heterocycles. The van der Waals surface area contributed by atoms with Crippen LogP contribution in [0.25, 0.3) is 11.1 Å². The van der Waals surface area contributed by atoms with Gasteiger partial charge in [-0.2, -0.15) is 20.7 Å². The number of carbonyl (C=O) groups excluding carboxylic acids is 3. The molecule has 4 aromatic rings. The number of hydrazine groups is 1. The molecule has 0 spiro atoms. The molecule has 0 aromatic heterocycles. The minimum atomic E-state index is -4.20. The van der Waals surface area contributed by atoms with Crippen molar-refractivity contribution in [3.8, 4) is 12.1 Å². The van der Waals surface area contributed by atoms with E-state index in [4.69, 9.17) is 10.3 Å². The SMILES string of the molecule is N#CC1=C(c2ccccc2)/C(=N\Nc2cccc(S(N)(=O)=O)c2)C(=O)N(NC(=O)/C(N=Nc2cccc(S(N)(=O)=O)c2)=C(/c2ccccc2)C(C#N)C=O)C1O. The molecule has 0 bridgehead atoms. The first kappa shape index (κ1) is 40.0. The Morgan fingerprint density at radius 3 is 2.07 bits per heavy atom. The van der Waals surface area contributed by atoms with E-state index in [0.29, 0.717) is 5.01 Å². The van der Waals surface area contributed by atoms with Crippen LogP contribution in [0.1, 0.15) is 11.1 Å². The first-order valence-electron chi connectivity index (χ1n) is 15.9. The second kappa shape index (κ2) is 16.9. The zero-order valence-electron chi connectivity index (χ0n) is 28.6. The van der Waals surface area contributed by atoms with E-state index in [-0.39, 0.29) is 49.7 Å². The molecule has 1 heterocycles. The summed E-state index contributed by atoms with van der Waals surface area (Å²) in [5, 5.41) is 54.7. The molecule has 282 valence electrons. The number of primary sulfonamides is 2. The number of anilines is 1. The molecular formula is C36H28N10O8S2. The molecular weight excluding hydrogens is 765 g/mol. The number of hydrazone groups is 1. The highest BCUT2D eigenvalue weighted by Crippen LogP contribution is 2.32. The quantitative estimate of drug-likeness (QED) is 0.0601. The molecule has 0 saturated heterocycles. The number of amides is 2. The van der Waals surface area contributed by atoms with Crippen LogP contribution in [0.4, 0.5) is 11.4 Å². The third kappa shape index (κ3) is 8.94. The summed E-state index contributed by atoms with van der Waals surface area (Å²) < 4.78 is 47.9. The van der Waals surface area contributed by atoms with Crippen molar-refractivity contribution < 1.29 is 36.3 Å². The Hall–Kier alpha value is -7.20. The fourth-order valence-electron chi connectivity index (χ4n) is 5.27. The van der Waals surface area contributed by atoms with Gasteiger partial charge in [0, 0.05) is 11.1 Å². The molecule has 20 heteroatoms. The number of aliphatic hydroxyl groups excluding tert-OH is 1. The number of hydrogen-bond acceptors (Lipinski definition) is 14. The van der Waals surface area contributed by atoms with Crippen molar-refractivity contribution in [2.45, 2.75) is 16.0 Å². The number of azo groups is 1. The van der Waals surface area contributed by atoms with Crippen molar-refractivity contribution in [3.63, 3.8) is 0 Å². The number of rotatable bonds is 12. The van der Waals surface area contributed by atoms with Gasteiger partial charge in [-0.25, -0.2) is 32.1 Å². The van der Waals surface area contributed by atoms with Gasteiger partial charge in [0.15, 0.2) is 17.6 Å². The van der Waals surface area contributed by atoms with E-state index in [0.717, 1.165) is 12.1 Å². The lowest BCUT2D eigenvalue weighted by molar-refractivity contribution is -0.144. The smallest absolute Gasteiger partial charge is 0.296 e. The summed E-state index contributed by atoms with van der Waals surface area (Å²) >= 11 is 0. The molecule has 56 heavy (non-hydrogen) atoms.